The average Bonchev–Trinajstić information content (AvgIpc) is 2.78. The Morgan fingerprint density at radius 2 is 1.30 bits per heavy atom. The SMILES string of the molecule is CC(=O)C[C@H](O)/C=C/CCSC(c1ccccc1)(c1ccccc1)c1ccccc1. The van der Waals surface area contributed by atoms with E-state index in [9.17, 15) is 9.90 Å². The van der Waals surface area contributed by atoms with Gasteiger partial charge in [0.05, 0.1) is 10.9 Å². The first-order valence-electron chi connectivity index (χ1n) is 10.3. The van der Waals surface area contributed by atoms with Crippen LogP contribution in [0.2, 0.25) is 0 Å². The predicted octanol–water partition coefficient (Wildman–Crippen LogP) is 6.00. The van der Waals surface area contributed by atoms with Gasteiger partial charge in [0.1, 0.15) is 5.78 Å². The van der Waals surface area contributed by atoms with Crippen LogP contribution in [-0.2, 0) is 9.54 Å². The Morgan fingerprint density at radius 3 is 1.70 bits per heavy atom. The zero-order chi connectivity index (χ0) is 21.2. The molecule has 3 aromatic rings. The van der Waals surface area contributed by atoms with Crippen LogP contribution >= 0.6 is 11.8 Å². The van der Waals surface area contributed by atoms with Gasteiger partial charge in [0, 0.05) is 6.42 Å². The van der Waals surface area contributed by atoms with Gasteiger partial charge in [0.25, 0.3) is 0 Å². The molecule has 0 bridgehead atoms. The highest BCUT2D eigenvalue weighted by Crippen LogP contribution is 2.48. The first-order valence-corrected chi connectivity index (χ1v) is 11.3. The summed E-state index contributed by atoms with van der Waals surface area (Å²) in [7, 11) is 0. The van der Waals surface area contributed by atoms with Crippen LogP contribution in [0.15, 0.2) is 103 Å². The number of carbonyl (C=O) groups excluding carboxylic acids is 1. The number of benzene rings is 3. The van der Waals surface area contributed by atoms with Gasteiger partial charge in [0.2, 0.25) is 0 Å². The number of hydrogen-bond acceptors (Lipinski definition) is 3. The fourth-order valence-corrected chi connectivity index (χ4v) is 5.13. The van der Waals surface area contributed by atoms with E-state index < -0.39 is 6.10 Å². The molecule has 0 amide bonds. The van der Waals surface area contributed by atoms with E-state index in [1.807, 2.05) is 36.0 Å². The maximum absolute atomic E-state index is 11.1. The zero-order valence-corrected chi connectivity index (χ0v) is 18.1. The Labute approximate surface area is 183 Å². The lowest BCUT2D eigenvalue weighted by Crippen LogP contribution is -2.26. The molecule has 1 atom stereocenters. The molecule has 0 aliphatic heterocycles. The number of aliphatic hydroxyl groups excluding tert-OH is 1. The van der Waals surface area contributed by atoms with Crippen molar-refractivity contribution in [3.8, 4) is 0 Å². The summed E-state index contributed by atoms with van der Waals surface area (Å²) in [6.45, 7) is 1.50. The summed E-state index contributed by atoms with van der Waals surface area (Å²) in [4.78, 5) is 11.1. The van der Waals surface area contributed by atoms with Gasteiger partial charge in [-0.3, -0.25) is 4.79 Å². The van der Waals surface area contributed by atoms with E-state index in [0.717, 1.165) is 12.2 Å². The molecule has 0 radical (unpaired) electrons. The van der Waals surface area contributed by atoms with E-state index in [1.54, 1.807) is 6.08 Å². The number of thioether (sulfide) groups is 1. The molecular formula is C27H28O2S. The van der Waals surface area contributed by atoms with Crippen molar-refractivity contribution in [2.75, 3.05) is 5.75 Å². The highest BCUT2D eigenvalue weighted by atomic mass is 32.2. The maximum atomic E-state index is 11.1. The summed E-state index contributed by atoms with van der Waals surface area (Å²) in [5.41, 5.74) is 3.73. The van der Waals surface area contributed by atoms with E-state index in [1.165, 1.54) is 23.6 Å². The van der Waals surface area contributed by atoms with Gasteiger partial charge in [-0.05, 0) is 35.8 Å². The van der Waals surface area contributed by atoms with Crippen molar-refractivity contribution in [1.82, 2.24) is 0 Å². The summed E-state index contributed by atoms with van der Waals surface area (Å²) in [6, 6.07) is 31.9. The van der Waals surface area contributed by atoms with Crippen molar-refractivity contribution in [3.63, 3.8) is 0 Å². The highest BCUT2D eigenvalue weighted by molar-refractivity contribution is 8.00. The first kappa shape index (κ1) is 22.1. The van der Waals surface area contributed by atoms with Gasteiger partial charge in [-0.2, -0.15) is 0 Å². The molecule has 0 fully saturated rings. The minimum atomic E-state index is -0.699. The van der Waals surface area contributed by atoms with Gasteiger partial charge in [-0.25, -0.2) is 0 Å². The number of Topliss-reactive ketones (excluding diaryl/α,β-unsaturated/α-hetero) is 1. The van der Waals surface area contributed by atoms with E-state index in [2.05, 4.69) is 72.8 Å². The van der Waals surface area contributed by atoms with Gasteiger partial charge in [0.15, 0.2) is 0 Å². The van der Waals surface area contributed by atoms with Gasteiger partial charge in [-0.15, -0.1) is 11.8 Å². The van der Waals surface area contributed by atoms with E-state index >= 15 is 0 Å². The first-order chi connectivity index (χ1) is 14.6. The maximum Gasteiger partial charge on any atom is 0.132 e. The second-order valence-corrected chi connectivity index (χ2v) is 8.63. The van der Waals surface area contributed by atoms with E-state index in [-0.39, 0.29) is 17.0 Å². The fraction of sp³-hybridized carbons (Fsp3) is 0.222. The number of allylic oxidation sites excluding steroid dienone is 1. The molecule has 0 aliphatic rings. The fourth-order valence-electron chi connectivity index (χ4n) is 3.66. The Hall–Kier alpha value is -2.62. The molecule has 0 spiro atoms. The molecule has 0 aromatic heterocycles. The molecule has 0 heterocycles. The van der Waals surface area contributed by atoms with Gasteiger partial charge < -0.3 is 5.11 Å². The van der Waals surface area contributed by atoms with Crippen molar-refractivity contribution in [3.05, 3.63) is 120 Å². The predicted molar refractivity (Wildman–Crippen MR) is 127 cm³/mol. The second kappa shape index (κ2) is 11.0. The monoisotopic (exact) mass is 416 g/mol. The molecule has 2 nitrogen and oxygen atoms in total. The van der Waals surface area contributed by atoms with Crippen LogP contribution in [0.25, 0.3) is 0 Å². The summed E-state index contributed by atoms with van der Waals surface area (Å²) >= 11 is 1.89. The smallest absolute Gasteiger partial charge is 0.132 e. The molecule has 0 aliphatic carbocycles. The lowest BCUT2D eigenvalue weighted by molar-refractivity contribution is -0.118. The average molecular weight is 417 g/mol. The van der Waals surface area contributed by atoms with Crippen molar-refractivity contribution in [2.45, 2.75) is 30.6 Å². The topological polar surface area (TPSA) is 37.3 Å². The zero-order valence-electron chi connectivity index (χ0n) is 17.3. The third-order valence-electron chi connectivity index (χ3n) is 5.00. The minimum Gasteiger partial charge on any atom is -0.389 e. The minimum absolute atomic E-state index is 0.00206. The van der Waals surface area contributed by atoms with Crippen LogP contribution in [0.5, 0.6) is 0 Å². The van der Waals surface area contributed by atoms with Crippen LogP contribution in [0.4, 0.5) is 0 Å². The normalized spacial score (nSPS) is 12.7. The number of rotatable bonds is 10. The van der Waals surface area contributed by atoms with Crippen molar-refractivity contribution >= 4 is 17.5 Å². The third kappa shape index (κ3) is 5.50. The van der Waals surface area contributed by atoms with Crippen molar-refractivity contribution in [1.29, 1.82) is 0 Å². The Bertz CT molecular complexity index is 840. The molecule has 3 rings (SSSR count). The van der Waals surface area contributed by atoms with Crippen molar-refractivity contribution < 1.29 is 9.90 Å². The van der Waals surface area contributed by atoms with Gasteiger partial charge in [-0.1, -0.05) is 103 Å². The van der Waals surface area contributed by atoms with Gasteiger partial charge >= 0.3 is 0 Å². The summed E-state index contributed by atoms with van der Waals surface area (Å²) in [6.07, 6.45) is 4.00. The quantitative estimate of drug-likeness (QED) is 0.250. The van der Waals surface area contributed by atoms with Crippen LogP contribution < -0.4 is 0 Å². The third-order valence-corrected chi connectivity index (χ3v) is 6.58. The summed E-state index contributed by atoms with van der Waals surface area (Å²) in [5, 5.41) is 9.90. The van der Waals surface area contributed by atoms with Crippen molar-refractivity contribution in [2.24, 2.45) is 0 Å². The number of aliphatic hydroxyl groups is 1. The van der Waals surface area contributed by atoms with E-state index in [4.69, 9.17) is 0 Å². The Balaban J connectivity index is 1.92. The van der Waals surface area contributed by atoms with Crippen LogP contribution in [0.3, 0.4) is 0 Å². The second-order valence-electron chi connectivity index (χ2n) is 7.32. The Kier molecular flexibility index (Phi) is 8.06. The molecule has 3 heteroatoms. The standard InChI is InChI=1S/C27H28O2S/c1-22(28)21-26(29)19-11-12-20-30-27(23-13-5-2-6-14-23,24-15-7-3-8-16-24)25-17-9-4-10-18-25/h2-11,13-19,26,29H,12,20-21H2,1H3/b19-11+/t26-/m1/s1. The highest BCUT2D eigenvalue weighted by Gasteiger charge is 2.36. The molecule has 0 unspecified atom stereocenters. The molecular weight excluding hydrogens is 388 g/mol. The lowest BCUT2D eigenvalue weighted by atomic mass is 9.84. The molecule has 1 N–H and O–H groups in total. The lowest BCUT2D eigenvalue weighted by Gasteiger charge is -2.35. The molecule has 30 heavy (non-hydrogen) atoms. The summed E-state index contributed by atoms with van der Waals surface area (Å²) < 4.78 is -0.324. The number of hydrogen-bond donors (Lipinski definition) is 1. The number of carbonyl (C=O) groups is 1. The summed E-state index contributed by atoms with van der Waals surface area (Å²) in [5.74, 6) is 0.875. The molecule has 0 saturated heterocycles. The van der Waals surface area contributed by atoms with Crippen LogP contribution in [-0.4, -0.2) is 22.7 Å². The van der Waals surface area contributed by atoms with E-state index in [0.29, 0.717) is 0 Å². The van der Waals surface area contributed by atoms with Crippen LogP contribution in [0.1, 0.15) is 36.5 Å². The largest absolute Gasteiger partial charge is 0.389 e. The van der Waals surface area contributed by atoms with Crippen LogP contribution in [0, 0.1) is 0 Å². The molecule has 3 aromatic carbocycles. The molecule has 0 saturated carbocycles. The molecule has 154 valence electrons. The number of ketones is 1. The Morgan fingerprint density at radius 1 is 0.867 bits per heavy atom.